The Labute approximate surface area is 112 Å². The van der Waals surface area contributed by atoms with E-state index in [1.807, 2.05) is 0 Å². The van der Waals surface area contributed by atoms with E-state index in [0.29, 0.717) is 16.7 Å². The van der Waals surface area contributed by atoms with Crippen molar-refractivity contribution in [2.45, 2.75) is 19.8 Å². The summed E-state index contributed by atoms with van der Waals surface area (Å²) in [6.45, 7) is 4.71. The molecule has 1 aliphatic heterocycles. The molecule has 0 spiro atoms. The number of anilines is 1. The summed E-state index contributed by atoms with van der Waals surface area (Å²) in [6.07, 6.45) is 3.52. The lowest BCUT2D eigenvalue weighted by Gasteiger charge is -2.33. The molecule has 2 heterocycles. The van der Waals surface area contributed by atoms with E-state index in [-0.39, 0.29) is 5.41 Å². The van der Waals surface area contributed by atoms with Crippen LogP contribution in [0.15, 0.2) is 6.33 Å². The second-order valence-corrected chi connectivity index (χ2v) is 5.18. The Kier molecular flexibility index (Phi) is 4.24. The molecule has 2 rings (SSSR count). The van der Waals surface area contributed by atoms with E-state index in [9.17, 15) is 0 Å². The Morgan fingerprint density at radius 1 is 1.44 bits per heavy atom. The van der Waals surface area contributed by atoms with Crippen LogP contribution in [0.5, 0.6) is 5.75 Å². The normalized spacial score (nSPS) is 18.4. The molecule has 5 nitrogen and oxygen atoms in total. The molecule has 1 aromatic rings. The molecular formula is C12H18ClN3O2. The van der Waals surface area contributed by atoms with Crippen molar-refractivity contribution in [2.24, 2.45) is 5.41 Å². The molecule has 0 aliphatic carbocycles. The molecule has 0 aromatic carbocycles. The molecule has 18 heavy (non-hydrogen) atoms. The largest absolute Gasteiger partial charge is 0.490 e. The summed E-state index contributed by atoms with van der Waals surface area (Å²) in [6, 6.07) is 0. The summed E-state index contributed by atoms with van der Waals surface area (Å²) < 4.78 is 10.6. The fourth-order valence-corrected chi connectivity index (χ4v) is 2.21. The van der Waals surface area contributed by atoms with Crippen molar-refractivity contribution in [1.82, 2.24) is 9.97 Å². The predicted molar refractivity (Wildman–Crippen MR) is 70.2 cm³/mol. The van der Waals surface area contributed by atoms with Gasteiger partial charge in [0, 0.05) is 19.8 Å². The van der Waals surface area contributed by atoms with Gasteiger partial charge in [-0.05, 0) is 18.3 Å². The number of methoxy groups -OCH3 is 1. The number of ether oxygens (including phenoxy) is 2. The lowest BCUT2D eigenvalue weighted by molar-refractivity contribution is 0.0299. The van der Waals surface area contributed by atoms with Crippen molar-refractivity contribution < 1.29 is 9.47 Å². The van der Waals surface area contributed by atoms with E-state index in [1.165, 1.54) is 6.33 Å². The highest BCUT2D eigenvalue weighted by Crippen LogP contribution is 2.33. The minimum atomic E-state index is 0.223. The summed E-state index contributed by atoms with van der Waals surface area (Å²) in [7, 11) is 1.56. The third kappa shape index (κ3) is 3.03. The van der Waals surface area contributed by atoms with Gasteiger partial charge in [0.1, 0.15) is 6.33 Å². The molecule has 0 amide bonds. The number of rotatable bonds is 4. The molecule has 1 aromatic heterocycles. The first kappa shape index (κ1) is 13.4. The smallest absolute Gasteiger partial charge is 0.198 e. The molecule has 6 heteroatoms. The predicted octanol–water partition coefficient (Wildman–Crippen LogP) is 2.37. The molecule has 1 saturated heterocycles. The summed E-state index contributed by atoms with van der Waals surface area (Å²) in [5.41, 5.74) is 0.223. The molecule has 0 unspecified atom stereocenters. The van der Waals surface area contributed by atoms with Crippen LogP contribution in [0.2, 0.25) is 5.15 Å². The third-order valence-electron chi connectivity index (χ3n) is 3.35. The molecular weight excluding hydrogens is 254 g/mol. The average molecular weight is 272 g/mol. The van der Waals surface area contributed by atoms with E-state index in [0.717, 1.165) is 32.6 Å². The zero-order chi connectivity index (χ0) is 13.0. The average Bonchev–Trinajstić information content (AvgIpc) is 2.37. The zero-order valence-corrected chi connectivity index (χ0v) is 11.5. The van der Waals surface area contributed by atoms with Gasteiger partial charge < -0.3 is 14.8 Å². The van der Waals surface area contributed by atoms with Crippen LogP contribution in [0.1, 0.15) is 19.8 Å². The van der Waals surface area contributed by atoms with Crippen LogP contribution in [0.25, 0.3) is 0 Å². The first-order valence-corrected chi connectivity index (χ1v) is 6.38. The van der Waals surface area contributed by atoms with Gasteiger partial charge in [-0.25, -0.2) is 9.97 Å². The lowest BCUT2D eigenvalue weighted by Crippen LogP contribution is -2.33. The van der Waals surface area contributed by atoms with E-state index in [2.05, 4.69) is 22.2 Å². The highest BCUT2D eigenvalue weighted by atomic mass is 35.5. The van der Waals surface area contributed by atoms with Crippen LogP contribution in [-0.4, -0.2) is 36.8 Å². The van der Waals surface area contributed by atoms with Gasteiger partial charge in [-0.3, -0.25) is 0 Å². The number of hydrogen-bond donors (Lipinski definition) is 1. The van der Waals surface area contributed by atoms with Gasteiger partial charge in [0.2, 0.25) is 0 Å². The number of aromatic nitrogens is 2. The minimum Gasteiger partial charge on any atom is -0.490 e. The summed E-state index contributed by atoms with van der Waals surface area (Å²) in [5, 5.41) is 3.63. The summed E-state index contributed by atoms with van der Waals surface area (Å²) in [5.74, 6) is 1.14. The van der Waals surface area contributed by atoms with Crippen molar-refractivity contribution in [3.8, 4) is 5.75 Å². The molecule has 0 bridgehead atoms. The van der Waals surface area contributed by atoms with Gasteiger partial charge in [-0.1, -0.05) is 18.5 Å². The van der Waals surface area contributed by atoms with Gasteiger partial charge in [0.25, 0.3) is 0 Å². The Bertz CT molecular complexity index is 408. The van der Waals surface area contributed by atoms with Crippen molar-refractivity contribution in [3.63, 3.8) is 0 Å². The van der Waals surface area contributed by atoms with Crippen LogP contribution in [-0.2, 0) is 4.74 Å². The van der Waals surface area contributed by atoms with Crippen LogP contribution in [0.3, 0.4) is 0 Å². The van der Waals surface area contributed by atoms with Crippen molar-refractivity contribution in [1.29, 1.82) is 0 Å². The van der Waals surface area contributed by atoms with Gasteiger partial charge in [0.15, 0.2) is 16.7 Å². The molecule has 0 atom stereocenters. The Morgan fingerprint density at radius 2 is 2.17 bits per heavy atom. The van der Waals surface area contributed by atoms with E-state index in [1.54, 1.807) is 7.11 Å². The maximum absolute atomic E-state index is 5.95. The SMILES string of the molecule is COc1c(Cl)ncnc1NCC1(C)CCOCC1. The van der Waals surface area contributed by atoms with Gasteiger partial charge in [-0.15, -0.1) is 0 Å². The van der Waals surface area contributed by atoms with Gasteiger partial charge in [-0.2, -0.15) is 0 Å². The van der Waals surface area contributed by atoms with Crippen molar-refractivity contribution >= 4 is 17.4 Å². The van der Waals surface area contributed by atoms with E-state index in [4.69, 9.17) is 21.1 Å². The Morgan fingerprint density at radius 3 is 2.83 bits per heavy atom. The van der Waals surface area contributed by atoms with Crippen LogP contribution >= 0.6 is 11.6 Å². The lowest BCUT2D eigenvalue weighted by atomic mass is 9.82. The quantitative estimate of drug-likeness (QED) is 0.852. The first-order chi connectivity index (χ1) is 8.64. The van der Waals surface area contributed by atoms with Crippen LogP contribution in [0.4, 0.5) is 5.82 Å². The second kappa shape index (κ2) is 5.71. The third-order valence-corrected chi connectivity index (χ3v) is 3.62. The highest BCUT2D eigenvalue weighted by molar-refractivity contribution is 6.31. The Balaban J connectivity index is 2.03. The van der Waals surface area contributed by atoms with E-state index < -0.39 is 0 Å². The Hall–Kier alpha value is -1.07. The number of halogens is 1. The molecule has 1 N–H and O–H groups in total. The molecule has 0 saturated carbocycles. The summed E-state index contributed by atoms with van der Waals surface area (Å²) in [4.78, 5) is 8.05. The number of nitrogens with one attached hydrogen (secondary N) is 1. The minimum absolute atomic E-state index is 0.223. The van der Waals surface area contributed by atoms with Crippen molar-refractivity contribution in [3.05, 3.63) is 11.5 Å². The van der Waals surface area contributed by atoms with Crippen LogP contribution < -0.4 is 10.1 Å². The molecule has 100 valence electrons. The molecule has 1 fully saturated rings. The standard InChI is InChI=1S/C12H18ClN3O2/c1-12(3-5-18-6-4-12)7-14-11-9(17-2)10(13)15-8-16-11/h8H,3-7H2,1-2H3,(H,14,15,16). The van der Waals surface area contributed by atoms with Gasteiger partial charge in [0.05, 0.1) is 7.11 Å². The number of hydrogen-bond acceptors (Lipinski definition) is 5. The maximum atomic E-state index is 5.95. The molecule has 1 aliphatic rings. The fraction of sp³-hybridized carbons (Fsp3) is 0.667. The zero-order valence-electron chi connectivity index (χ0n) is 10.7. The monoisotopic (exact) mass is 271 g/mol. The van der Waals surface area contributed by atoms with Crippen LogP contribution in [0, 0.1) is 5.41 Å². The highest BCUT2D eigenvalue weighted by Gasteiger charge is 2.27. The van der Waals surface area contributed by atoms with Gasteiger partial charge >= 0.3 is 0 Å². The van der Waals surface area contributed by atoms with E-state index >= 15 is 0 Å². The van der Waals surface area contributed by atoms with Crippen molar-refractivity contribution in [2.75, 3.05) is 32.2 Å². The molecule has 0 radical (unpaired) electrons. The topological polar surface area (TPSA) is 56.3 Å². The number of nitrogens with zero attached hydrogens (tertiary/aromatic N) is 2. The maximum Gasteiger partial charge on any atom is 0.198 e. The first-order valence-electron chi connectivity index (χ1n) is 6.01. The second-order valence-electron chi connectivity index (χ2n) is 4.82. The fourth-order valence-electron chi connectivity index (χ4n) is 2.00. The summed E-state index contributed by atoms with van der Waals surface area (Å²) >= 11 is 5.95.